The molecule has 2 aliphatic rings. The lowest BCUT2D eigenvalue weighted by molar-refractivity contribution is -0.137. The third-order valence-electron chi connectivity index (χ3n) is 8.71. The summed E-state index contributed by atoms with van der Waals surface area (Å²) < 4.78 is 79.7. The molecule has 2 aromatic carbocycles. The van der Waals surface area contributed by atoms with Gasteiger partial charge in [0.25, 0.3) is 0 Å². The second kappa shape index (κ2) is 14.6. The van der Waals surface area contributed by atoms with Crippen molar-refractivity contribution in [3.8, 4) is 0 Å². The Labute approximate surface area is 291 Å². The molecule has 51 heavy (non-hydrogen) atoms. The van der Waals surface area contributed by atoms with E-state index in [0.717, 1.165) is 11.9 Å². The summed E-state index contributed by atoms with van der Waals surface area (Å²) in [4.78, 5) is 39.9. The fraction of sp³-hybridized carbons (Fsp3) is 0.324. The number of nitrogens with one attached hydrogen (secondary N) is 3. The van der Waals surface area contributed by atoms with Crippen molar-refractivity contribution in [3.63, 3.8) is 0 Å². The molecule has 2 amide bonds. The molecule has 0 radical (unpaired) electrons. The summed E-state index contributed by atoms with van der Waals surface area (Å²) in [5.41, 5.74) is 1.81. The zero-order valence-corrected chi connectivity index (χ0v) is 28.2. The van der Waals surface area contributed by atoms with Crippen LogP contribution in [0.15, 0.2) is 71.9 Å². The second-order valence-electron chi connectivity index (χ2n) is 12.4. The Morgan fingerprint density at radius 2 is 1.73 bits per heavy atom. The monoisotopic (exact) mass is 726 g/mol. The minimum absolute atomic E-state index is 0.0514. The number of imide groups is 1. The Kier molecular flexibility index (Phi) is 10.2. The number of sulfone groups is 1. The van der Waals surface area contributed by atoms with Crippen LogP contribution in [0, 0.1) is 5.95 Å². The Hall–Kier alpha value is -5.16. The van der Waals surface area contributed by atoms with Gasteiger partial charge >= 0.3 is 6.18 Å². The lowest BCUT2D eigenvalue weighted by Gasteiger charge is -2.36. The zero-order chi connectivity index (χ0) is 36.3. The van der Waals surface area contributed by atoms with E-state index in [9.17, 15) is 35.6 Å². The van der Waals surface area contributed by atoms with Gasteiger partial charge in [-0.1, -0.05) is 12.1 Å². The van der Waals surface area contributed by atoms with E-state index in [-0.39, 0.29) is 29.7 Å². The first-order chi connectivity index (χ1) is 24.2. The molecule has 12 nitrogen and oxygen atoms in total. The maximum atomic E-state index is 14.6. The van der Waals surface area contributed by atoms with E-state index >= 15 is 0 Å². The van der Waals surface area contributed by atoms with Gasteiger partial charge in [0.05, 0.1) is 10.8 Å². The molecule has 2 saturated heterocycles. The molecule has 6 rings (SSSR count). The number of nitrogens with zero attached hydrogens (tertiary/aromatic N) is 5. The second-order valence-corrected chi connectivity index (χ2v) is 14.4. The van der Waals surface area contributed by atoms with Crippen molar-refractivity contribution in [2.45, 2.75) is 42.9 Å². The minimum Gasteiger partial charge on any atom is -0.369 e. The minimum atomic E-state index is -4.73. The number of rotatable bonds is 10. The van der Waals surface area contributed by atoms with Gasteiger partial charge in [0, 0.05) is 81.3 Å². The van der Waals surface area contributed by atoms with Crippen LogP contribution in [0.3, 0.4) is 0 Å². The molecule has 2 aliphatic heterocycles. The number of hydrogen-bond donors (Lipinski definition) is 3. The summed E-state index contributed by atoms with van der Waals surface area (Å²) in [5, 5.41) is 7.93. The molecule has 4 aromatic rings. The van der Waals surface area contributed by atoms with Gasteiger partial charge in [-0.15, -0.1) is 0 Å². The van der Waals surface area contributed by atoms with Gasteiger partial charge in [0.15, 0.2) is 9.84 Å². The number of amides is 2. The number of pyridine rings is 1. The van der Waals surface area contributed by atoms with E-state index in [4.69, 9.17) is 0 Å². The van der Waals surface area contributed by atoms with Gasteiger partial charge in [-0.25, -0.2) is 18.4 Å². The SMILES string of the molecule is CS(=O)(=O)c1cccc(CNc2nc(Nc3ccc(N4CCN(Cc5cc(C6CCC(=O)NC6=O)cnc5F)CC4)cc3)ncc2C(F)(F)F)c1. The Morgan fingerprint density at radius 3 is 2.41 bits per heavy atom. The molecule has 0 bridgehead atoms. The summed E-state index contributed by atoms with van der Waals surface area (Å²) >= 11 is 0. The predicted octanol–water partition coefficient (Wildman–Crippen LogP) is 4.63. The van der Waals surface area contributed by atoms with Crippen molar-refractivity contribution in [3.05, 3.63) is 95.2 Å². The number of carbonyl (C=O) groups is 2. The van der Waals surface area contributed by atoms with Gasteiger partial charge < -0.3 is 15.5 Å². The number of piperidine rings is 1. The van der Waals surface area contributed by atoms with Crippen LogP contribution in [0.5, 0.6) is 0 Å². The first-order valence-corrected chi connectivity index (χ1v) is 17.9. The molecule has 1 atom stereocenters. The summed E-state index contributed by atoms with van der Waals surface area (Å²) in [6.07, 6.45) is -1.07. The maximum Gasteiger partial charge on any atom is 0.421 e. The Bertz CT molecular complexity index is 2040. The number of alkyl halides is 3. The lowest BCUT2D eigenvalue weighted by atomic mass is 9.91. The lowest BCUT2D eigenvalue weighted by Crippen LogP contribution is -2.46. The number of hydrogen-bond acceptors (Lipinski definition) is 11. The van der Waals surface area contributed by atoms with Crippen molar-refractivity contribution >= 4 is 44.8 Å². The third-order valence-corrected chi connectivity index (χ3v) is 9.82. The molecule has 4 heterocycles. The van der Waals surface area contributed by atoms with Crippen LogP contribution in [0.4, 0.5) is 40.7 Å². The summed E-state index contributed by atoms with van der Waals surface area (Å²) in [5.74, 6) is -2.40. The molecule has 268 valence electrons. The first-order valence-electron chi connectivity index (χ1n) is 16.0. The van der Waals surface area contributed by atoms with E-state index < -0.39 is 45.2 Å². The van der Waals surface area contributed by atoms with Crippen molar-refractivity contribution in [2.75, 3.05) is 48.0 Å². The number of benzene rings is 2. The molecule has 0 saturated carbocycles. The number of piperazine rings is 1. The van der Waals surface area contributed by atoms with Crippen LogP contribution in [-0.2, 0) is 38.7 Å². The molecule has 0 spiro atoms. The molecule has 1 unspecified atom stereocenters. The highest BCUT2D eigenvalue weighted by atomic mass is 32.2. The number of carbonyl (C=O) groups excluding carboxylic acids is 2. The molecular weight excluding hydrogens is 692 g/mol. The van der Waals surface area contributed by atoms with E-state index in [2.05, 4.69) is 40.7 Å². The Morgan fingerprint density at radius 1 is 0.980 bits per heavy atom. The van der Waals surface area contributed by atoms with Gasteiger partial charge in [-0.2, -0.15) is 22.5 Å². The van der Waals surface area contributed by atoms with Gasteiger partial charge in [0.1, 0.15) is 11.4 Å². The fourth-order valence-electron chi connectivity index (χ4n) is 5.97. The largest absolute Gasteiger partial charge is 0.421 e. The standard InChI is InChI=1S/C34H34F4N8O4S/c1-51(49,50)26-4-2-3-21(15-26)17-40-31-28(34(36,37)38)19-41-33(44-31)42-24-5-7-25(8-6-24)46-13-11-45(12-14-46)20-23-16-22(18-39-30(23)35)27-9-10-29(47)43-32(27)48/h2-8,15-16,18-19,27H,9-14,17,20H2,1H3,(H,43,47,48)(H2,40,41,42,44). The molecule has 3 N–H and O–H groups in total. The van der Waals surface area contributed by atoms with Crippen LogP contribution in [-0.4, -0.2) is 72.5 Å². The highest BCUT2D eigenvalue weighted by Gasteiger charge is 2.35. The van der Waals surface area contributed by atoms with Crippen molar-refractivity contribution < 1.29 is 35.6 Å². The molecule has 17 heteroatoms. The van der Waals surface area contributed by atoms with Gasteiger partial charge in [-0.05, 0) is 60.0 Å². The topological polar surface area (TPSA) is 150 Å². The van der Waals surface area contributed by atoms with E-state index in [1.807, 2.05) is 12.1 Å². The predicted molar refractivity (Wildman–Crippen MR) is 180 cm³/mol. The van der Waals surface area contributed by atoms with Gasteiger partial charge in [-0.3, -0.25) is 19.8 Å². The third kappa shape index (κ3) is 8.78. The average Bonchev–Trinajstić information content (AvgIpc) is 3.08. The number of anilines is 4. The highest BCUT2D eigenvalue weighted by molar-refractivity contribution is 7.90. The van der Waals surface area contributed by atoms with Crippen molar-refractivity contribution in [2.24, 2.45) is 0 Å². The smallest absolute Gasteiger partial charge is 0.369 e. The Balaban J connectivity index is 1.06. The summed E-state index contributed by atoms with van der Waals surface area (Å²) in [6.45, 7) is 2.78. The van der Waals surface area contributed by atoms with Crippen LogP contribution < -0.4 is 20.9 Å². The highest BCUT2D eigenvalue weighted by Crippen LogP contribution is 2.34. The summed E-state index contributed by atoms with van der Waals surface area (Å²) in [6, 6.07) is 14.8. The molecular formula is C34H34F4N8O4S. The van der Waals surface area contributed by atoms with Crippen molar-refractivity contribution in [1.82, 2.24) is 25.2 Å². The van der Waals surface area contributed by atoms with Crippen LogP contribution in [0.2, 0.25) is 0 Å². The van der Waals surface area contributed by atoms with Crippen LogP contribution in [0.1, 0.15) is 41.0 Å². The van der Waals surface area contributed by atoms with Crippen LogP contribution >= 0.6 is 0 Å². The fourth-order valence-corrected chi connectivity index (χ4v) is 6.66. The normalized spacial score (nSPS) is 17.3. The van der Waals surface area contributed by atoms with Gasteiger partial charge in [0.2, 0.25) is 23.7 Å². The number of halogens is 4. The van der Waals surface area contributed by atoms with E-state index in [1.165, 1.54) is 24.4 Å². The zero-order valence-electron chi connectivity index (χ0n) is 27.4. The average molecular weight is 727 g/mol. The summed E-state index contributed by atoms with van der Waals surface area (Å²) in [7, 11) is -3.50. The van der Waals surface area contributed by atoms with Crippen LogP contribution in [0.25, 0.3) is 0 Å². The quantitative estimate of drug-likeness (QED) is 0.119. The van der Waals surface area contributed by atoms with Crippen molar-refractivity contribution in [1.29, 1.82) is 0 Å². The molecule has 2 fully saturated rings. The first kappa shape index (κ1) is 35.7. The van der Waals surface area contributed by atoms with E-state index in [1.54, 1.807) is 24.3 Å². The molecule has 2 aromatic heterocycles. The van der Waals surface area contributed by atoms with E-state index in [0.29, 0.717) is 67.7 Å². The number of aromatic nitrogens is 3. The molecule has 0 aliphatic carbocycles. The maximum absolute atomic E-state index is 14.6.